The second kappa shape index (κ2) is 10.3. The van der Waals surface area contributed by atoms with E-state index >= 15 is 0 Å². The average molecular weight is 373 g/mol. The third kappa shape index (κ3) is 7.48. The van der Waals surface area contributed by atoms with Gasteiger partial charge in [-0.3, -0.25) is 9.59 Å². The number of aryl methyl sites for hydroxylation is 1. The second-order valence-electron chi connectivity index (χ2n) is 6.39. The lowest BCUT2D eigenvalue weighted by molar-refractivity contribution is -0.137. The second-order valence-corrected chi connectivity index (χ2v) is 6.39. The third-order valence-electron chi connectivity index (χ3n) is 4.04. The molecule has 0 heterocycles. The molecule has 0 saturated carbocycles. The van der Waals surface area contributed by atoms with Crippen LogP contribution in [0.25, 0.3) is 0 Å². The minimum atomic E-state index is -1.03. The van der Waals surface area contributed by atoms with Crippen molar-refractivity contribution in [3.63, 3.8) is 0 Å². The molecular formula is C21H24FNO4. The first-order valence-corrected chi connectivity index (χ1v) is 8.90. The molecule has 5 nitrogen and oxygen atoms in total. The van der Waals surface area contributed by atoms with Crippen LogP contribution < -0.4 is 10.1 Å². The lowest BCUT2D eigenvalue weighted by Gasteiger charge is -2.17. The number of halogens is 1. The molecule has 0 aromatic heterocycles. The van der Waals surface area contributed by atoms with E-state index in [2.05, 4.69) is 5.32 Å². The highest BCUT2D eigenvalue weighted by Gasteiger charge is 2.18. The molecule has 1 amide bonds. The van der Waals surface area contributed by atoms with Crippen molar-refractivity contribution in [3.05, 3.63) is 65.5 Å². The summed E-state index contributed by atoms with van der Waals surface area (Å²) in [7, 11) is 0. The molecule has 2 aromatic rings. The molecule has 2 rings (SSSR count). The zero-order valence-corrected chi connectivity index (χ0v) is 15.3. The molecule has 0 aliphatic rings. The normalized spacial score (nSPS) is 11.6. The van der Waals surface area contributed by atoms with Crippen LogP contribution in [-0.2, 0) is 9.59 Å². The summed E-state index contributed by atoms with van der Waals surface area (Å²) in [6.45, 7) is 2.50. The molecular weight excluding hydrogens is 349 g/mol. The minimum Gasteiger partial charge on any atom is -0.494 e. The van der Waals surface area contributed by atoms with E-state index in [-0.39, 0.29) is 18.7 Å². The third-order valence-corrected chi connectivity index (χ3v) is 4.04. The highest BCUT2D eigenvalue weighted by Crippen LogP contribution is 2.18. The zero-order valence-electron chi connectivity index (χ0n) is 15.3. The number of amides is 1. The van der Waals surface area contributed by atoms with Gasteiger partial charge in [-0.25, -0.2) is 4.39 Å². The van der Waals surface area contributed by atoms with Crippen molar-refractivity contribution in [3.8, 4) is 5.75 Å². The van der Waals surface area contributed by atoms with Crippen LogP contribution in [-0.4, -0.2) is 23.6 Å². The molecule has 2 aromatic carbocycles. The Morgan fingerprint density at radius 2 is 1.89 bits per heavy atom. The number of unbranched alkanes of at least 4 members (excludes halogenated alkanes) is 1. The lowest BCUT2D eigenvalue weighted by atomic mass is 10.0. The SMILES string of the molecule is Cc1cccc(OCCCCC(=O)NC(CC(=O)O)c2ccc(F)cc2)c1. The van der Waals surface area contributed by atoms with Gasteiger partial charge in [0, 0.05) is 6.42 Å². The fourth-order valence-electron chi connectivity index (χ4n) is 2.67. The first-order valence-electron chi connectivity index (χ1n) is 8.90. The molecule has 27 heavy (non-hydrogen) atoms. The monoisotopic (exact) mass is 373 g/mol. The summed E-state index contributed by atoms with van der Waals surface area (Å²) in [6, 6.07) is 12.5. The van der Waals surface area contributed by atoms with Gasteiger partial charge in [0.25, 0.3) is 0 Å². The topological polar surface area (TPSA) is 75.6 Å². The Labute approximate surface area is 158 Å². The first kappa shape index (κ1) is 20.4. The van der Waals surface area contributed by atoms with Crippen LogP contribution in [0.2, 0.25) is 0 Å². The Kier molecular flexibility index (Phi) is 7.79. The summed E-state index contributed by atoms with van der Waals surface area (Å²) in [5.74, 6) is -0.873. The van der Waals surface area contributed by atoms with Crippen molar-refractivity contribution in [2.24, 2.45) is 0 Å². The van der Waals surface area contributed by atoms with E-state index < -0.39 is 17.8 Å². The minimum absolute atomic E-state index is 0.235. The van der Waals surface area contributed by atoms with Crippen LogP contribution in [0, 0.1) is 12.7 Å². The van der Waals surface area contributed by atoms with Crippen LogP contribution in [0.3, 0.4) is 0 Å². The maximum Gasteiger partial charge on any atom is 0.305 e. The molecule has 0 spiro atoms. The van der Waals surface area contributed by atoms with Crippen molar-refractivity contribution >= 4 is 11.9 Å². The Morgan fingerprint density at radius 3 is 2.56 bits per heavy atom. The summed E-state index contributed by atoms with van der Waals surface area (Å²) in [5, 5.41) is 11.8. The van der Waals surface area contributed by atoms with Gasteiger partial charge in [-0.05, 0) is 55.2 Å². The van der Waals surface area contributed by atoms with Gasteiger partial charge in [-0.2, -0.15) is 0 Å². The first-order chi connectivity index (χ1) is 12.9. The van der Waals surface area contributed by atoms with Gasteiger partial charge < -0.3 is 15.2 Å². The summed E-state index contributed by atoms with van der Waals surface area (Å²) in [5.41, 5.74) is 1.69. The Balaban J connectivity index is 1.76. The van der Waals surface area contributed by atoms with E-state index in [0.29, 0.717) is 25.0 Å². The Bertz CT molecular complexity index is 761. The fraction of sp³-hybridized carbons (Fsp3) is 0.333. The zero-order chi connectivity index (χ0) is 19.6. The molecule has 0 bridgehead atoms. The van der Waals surface area contributed by atoms with Gasteiger partial charge >= 0.3 is 5.97 Å². The molecule has 1 atom stereocenters. The number of aliphatic carboxylic acids is 1. The smallest absolute Gasteiger partial charge is 0.305 e. The van der Waals surface area contributed by atoms with Gasteiger partial charge in [0.15, 0.2) is 0 Å². The van der Waals surface area contributed by atoms with Gasteiger partial charge in [0.2, 0.25) is 5.91 Å². The van der Waals surface area contributed by atoms with E-state index in [0.717, 1.165) is 11.3 Å². The van der Waals surface area contributed by atoms with Crippen molar-refractivity contribution in [1.82, 2.24) is 5.32 Å². The lowest BCUT2D eigenvalue weighted by Crippen LogP contribution is -2.30. The predicted octanol–water partition coefficient (Wildman–Crippen LogP) is 4.02. The summed E-state index contributed by atoms with van der Waals surface area (Å²) >= 11 is 0. The van der Waals surface area contributed by atoms with Crippen molar-refractivity contribution in [1.29, 1.82) is 0 Å². The van der Waals surface area contributed by atoms with Gasteiger partial charge in [0.1, 0.15) is 11.6 Å². The molecule has 0 saturated heterocycles. The van der Waals surface area contributed by atoms with Crippen molar-refractivity contribution in [2.45, 2.75) is 38.6 Å². The standard InChI is InChI=1S/C21H24FNO4/c1-15-5-4-6-18(13-15)27-12-3-2-7-20(24)23-19(14-21(25)26)16-8-10-17(22)11-9-16/h4-6,8-11,13,19H,2-3,7,12,14H2,1H3,(H,23,24)(H,25,26). The Hall–Kier alpha value is -2.89. The van der Waals surface area contributed by atoms with E-state index in [9.17, 15) is 14.0 Å². The predicted molar refractivity (Wildman–Crippen MR) is 100 cm³/mol. The number of rotatable bonds is 10. The highest BCUT2D eigenvalue weighted by atomic mass is 19.1. The van der Waals surface area contributed by atoms with Gasteiger partial charge in [-0.1, -0.05) is 24.3 Å². The number of carbonyl (C=O) groups excluding carboxylic acids is 1. The number of benzene rings is 2. The molecule has 0 aliphatic carbocycles. The highest BCUT2D eigenvalue weighted by molar-refractivity contribution is 5.77. The summed E-state index contributed by atoms with van der Waals surface area (Å²) in [4.78, 5) is 23.2. The maximum absolute atomic E-state index is 13.0. The number of nitrogens with one attached hydrogen (secondary N) is 1. The van der Waals surface area contributed by atoms with Crippen molar-refractivity contribution < 1.29 is 23.8 Å². The van der Waals surface area contributed by atoms with E-state index in [1.807, 2.05) is 31.2 Å². The largest absolute Gasteiger partial charge is 0.494 e. The molecule has 0 radical (unpaired) electrons. The van der Waals surface area contributed by atoms with Crippen LogP contribution in [0.5, 0.6) is 5.75 Å². The number of carbonyl (C=O) groups is 2. The number of carboxylic acid groups (broad SMARTS) is 1. The fourth-order valence-corrected chi connectivity index (χ4v) is 2.67. The summed E-state index contributed by atoms with van der Waals surface area (Å²) in [6.07, 6.45) is 1.35. The van der Waals surface area contributed by atoms with E-state index in [1.165, 1.54) is 24.3 Å². The van der Waals surface area contributed by atoms with Crippen molar-refractivity contribution in [2.75, 3.05) is 6.61 Å². The van der Waals surface area contributed by atoms with E-state index in [4.69, 9.17) is 9.84 Å². The number of hydrogen-bond acceptors (Lipinski definition) is 3. The maximum atomic E-state index is 13.0. The van der Waals surface area contributed by atoms with Crippen LogP contribution in [0.4, 0.5) is 4.39 Å². The molecule has 144 valence electrons. The van der Waals surface area contributed by atoms with E-state index in [1.54, 1.807) is 0 Å². The molecule has 2 N–H and O–H groups in total. The van der Waals surface area contributed by atoms with Gasteiger partial charge in [0.05, 0.1) is 19.1 Å². The van der Waals surface area contributed by atoms with Crippen LogP contribution in [0.15, 0.2) is 48.5 Å². The van der Waals surface area contributed by atoms with Crippen LogP contribution >= 0.6 is 0 Å². The Morgan fingerprint density at radius 1 is 1.15 bits per heavy atom. The molecule has 6 heteroatoms. The van der Waals surface area contributed by atoms with Gasteiger partial charge in [-0.15, -0.1) is 0 Å². The molecule has 0 fully saturated rings. The summed E-state index contributed by atoms with van der Waals surface area (Å²) < 4.78 is 18.7. The quantitative estimate of drug-likeness (QED) is 0.617. The van der Waals surface area contributed by atoms with Crippen LogP contribution in [0.1, 0.15) is 42.9 Å². The molecule has 0 aliphatic heterocycles. The number of carboxylic acids is 1. The average Bonchev–Trinajstić information content (AvgIpc) is 2.61. The molecule has 1 unspecified atom stereocenters. The number of hydrogen-bond donors (Lipinski definition) is 2. The number of ether oxygens (including phenoxy) is 1.